The van der Waals surface area contributed by atoms with Crippen LogP contribution in [0.4, 0.5) is 5.00 Å². The molecule has 6 nitrogen and oxygen atoms in total. The fraction of sp³-hybridized carbons (Fsp3) is 0.229. The van der Waals surface area contributed by atoms with Gasteiger partial charge >= 0.3 is 0 Å². The van der Waals surface area contributed by atoms with E-state index in [1.165, 1.54) is 16.9 Å². The van der Waals surface area contributed by atoms with Gasteiger partial charge in [-0.25, -0.2) is 4.98 Å². The Bertz CT molecular complexity index is 1780. The van der Waals surface area contributed by atoms with Crippen LogP contribution in [0.5, 0.6) is 5.75 Å². The van der Waals surface area contributed by atoms with Crippen LogP contribution in [-0.2, 0) is 5.41 Å². The quantitative estimate of drug-likeness (QED) is 0.194. The summed E-state index contributed by atoms with van der Waals surface area (Å²) in [6.07, 6.45) is 0.905. The number of amides is 2. The van der Waals surface area contributed by atoms with E-state index in [9.17, 15) is 9.59 Å². The molecule has 0 bridgehead atoms. The first-order valence-electron chi connectivity index (χ1n) is 14.0. The van der Waals surface area contributed by atoms with Crippen molar-refractivity contribution >= 4 is 39.1 Å². The second kappa shape index (κ2) is 11.8. The predicted molar refractivity (Wildman–Crippen MR) is 173 cm³/mol. The third kappa shape index (κ3) is 5.92. The van der Waals surface area contributed by atoms with Crippen molar-refractivity contribution < 1.29 is 14.3 Å². The number of hydrogen-bond donors (Lipinski definition) is 2. The number of aryl methyl sites for hydroxylation is 1. The second-order valence-electron chi connectivity index (χ2n) is 11.3. The Labute approximate surface area is 250 Å². The Morgan fingerprint density at radius 2 is 1.69 bits per heavy atom. The molecule has 0 saturated heterocycles. The number of pyridine rings is 1. The Balaban J connectivity index is 1.55. The summed E-state index contributed by atoms with van der Waals surface area (Å²) in [5, 5.41) is 4.15. The molecule has 214 valence electrons. The molecule has 0 radical (unpaired) electrons. The molecular formula is C35H35N3O3S. The number of para-hydroxylation sites is 1. The SMILES string of the molecule is CCCOc1cccc(-c2cc(C(=O)Nc3sc(C)c(-c4ccc(C(C)(C)C)cc4)c3C(N)=O)c3ccccc3n2)c1. The van der Waals surface area contributed by atoms with E-state index in [2.05, 4.69) is 45.1 Å². The Hall–Kier alpha value is -4.49. The van der Waals surface area contributed by atoms with Crippen molar-refractivity contribution in [2.45, 2.75) is 46.5 Å². The van der Waals surface area contributed by atoms with Gasteiger partial charge in [-0.05, 0) is 54.2 Å². The molecule has 42 heavy (non-hydrogen) atoms. The minimum Gasteiger partial charge on any atom is -0.494 e. The number of carbonyl (C=O) groups excluding carboxylic acids is 2. The summed E-state index contributed by atoms with van der Waals surface area (Å²) in [5.74, 6) is -0.182. The van der Waals surface area contributed by atoms with Gasteiger partial charge in [-0.15, -0.1) is 11.3 Å². The number of rotatable bonds is 8. The van der Waals surface area contributed by atoms with Crippen LogP contribution in [0.15, 0.2) is 78.9 Å². The van der Waals surface area contributed by atoms with Crippen LogP contribution in [0.2, 0.25) is 0 Å². The lowest BCUT2D eigenvalue weighted by atomic mass is 9.86. The molecule has 0 aliphatic heterocycles. The number of hydrogen-bond acceptors (Lipinski definition) is 5. The third-order valence-corrected chi connectivity index (χ3v) is 8.18. The third-order valence-electron chi connectivity index (χ3n) is 7.16. The molecule has 0 aliphatic carbocycles. The zero-order chi connectivity index (χ0) is 30.0. The maximum Gasteiger partial charge on any atom is 0.257 e. The van der Waals surface area contributed by atoms with E-state index < -0.39 is 5.91 Å². The lowest BCUT2D eigenvalue weighted by molar-refractivity contribution is 0.100. The topological polar surface area (TPSA) is 94.3 Å². The van der Waals surface area contributed by atoms with Gasteiger partial charge in [0.25, 0.3) is 11.8 Å². The monoisotopic (exact) mass is 577 g/mol. The number of aromatic nitrogens is 1. The largest absolute Gasteiger partial charge is 0.494 e. The van der Waals surface area contributed by atoms with Gasteiger partial charge in [0, 0.05) is 21.4 Å². The Morgan fingerprint density at radius 1 is 0.952 bits per heavy atom. The average Bonchev–Trinajstić information content (AvgIpc) is 3.30. The van der Waals surface area contributed by atoms with Crippen LogP contribution in [0, 0.1) is 6.92 Å². The number of thiophene rings is 1. The second-order valence-corrected chi connectivity index (χ2v) is 12.6. The number of nitrogens with zero attached hydrogens (tertiary/aromatic N) is 1. The normalized spacial score (nSPS) is 11.5. The Morgan fingerprint density at radius 3 is 2.38 bits per heavy atom. The van der Waals surface area contributed by atoms with Gasteiger partial charge in [0.2, 0.25) is 0 Å². The van der Waals surface area contributed by atoms with E-state index in [0.29, 0.717) is 39.3 Å². The minimum atomic E-state index is -0.589. The predicted octanol–water partition coefficient (Wildman–Crippen LogP) is 8.38. The van der Waals surface area contributed by atoms with Crippen molar-refractivity contribution in [1.29, 1.82) is 0 Å². The molecule has 7 heteroatoms. The molecule has 2 heterocycles. The summed E-state index contributed by atoms with van der Waals surface area (Å²) in [7, 11) is 0. The standard InChI is InChI=1S/C35H35N3O3S/c1-6-18-41-25-11-9-10-23(19-25)29-20-27(26-12-7-8-13-28(26)37-29)33(40)38-34-31(32(36)39)30(21(2)42-34)22-14-16-24(17-15-22)35(3,4)5/h7-17,19-20H,6,18H2,1-5H3,(H2,36,39)(H,38,40). The van der Waals surface area contributed by atoms with Crippen LogP contribution in [0.1, 0.15) is 65.3 Å². The van der Waals surface area contributed by atoms with Gasteiger partial charge in [0.15, 0.2) is 0 Å². The smallest absolute Gasteiger partial charge is 0.257 e. The number of nitrogens with two attached hydrogens (primary N) is 1. The van der Waals surface area contributed by atoms with Gasteiger partial charge in [0.05, 0.1) is 28.9 Å². The first-order chi connectivity index (χ1) is 20.1. The first kappa shape index (κ1) is 29.0. The number of fused-ring (bicyclic) bond motifs is 1. The molecule has 0 aliphatic rings. The summed E-state index contributed by atoms with van der Waals surface area (Å²) in [4.78, 5) is 32.4. The van der Waals surface area contributed by atoms with Crippen molar-refractivity contribution in [1.82, 2.24) is 4.98 Å². The summed E-state index contributed by atoms with van der Waals surface area (Å²) >= 11 is 1.35. The zero-order valence-electron chi connectivity index (χ0n) is 24.6. The molecule has 0 saturated carbocycles. The highest BCUT2D eigenvalue weighted by atomic mass is 32.1. The van der Waals surface area contributed by atoms with Crippen molar-refractivity contribution in [3.63, 3.8) is 0 Å². The maximum atomic E-state index is 13.9. The van der Waals surface area contributed by atoms with Crippen LogP contribution in [0.3, 0.4) is 0 Å². The Kier molecular flexibility index (Phi) is 8.14. The molecule has 5 rings (SSSR count). The van der Waals surface area contributed by atoms with E-state index in [0.717, 1.165) is 33.7 Å². The number of nitrogens with one attached hydrogen (secondary N) is 1. The van der Waals surface area contributed by atoms with Crippen molar-refractivity contribution in [3.05, 3.63) is 100 Å². The summed E-state index contributed by atoms with van der Waals surface area (Å²) in [6.45, 7) is 11.1. The van der Waals surface area contributed by atoms with Crippen LogP contribution in [0.25, 0.3) is 33.3 Å². The van der Waals surface area contributed by atoms with Crippen molar-refractivity contribution in [2.24, 2.45) is 5.73 Å². The van der Waals surface area contributed by atoms with Gasteiger partial charge < -0.3 is 15.8 Å². The van der Waals surface area contributed by atoms with Crippen molar-refractivity contribution in [2.75, 3.05) is 11.9 Å². The molecular weight excluding hydrogens is 542 g/mol. The fourth-order valence-electron chi connectivity index (χ4n) is 5.00. The summed E-state index contributed by atoms with van der Waals surface area (Å²) < 4.78 is 5.82. The van der Waals surface area contributed by atoms with E-state index >= 15 is 0 Å². The number of anilines is 1. The lowest BCUT2D eigenvalue weighted by Gasteiger charge is -2.19. The molecule has 3 N–H and O–H groups in total. The van der Waals surface area contributed by atoms with Gasteiger partial charge in [-0.1, -0.05) is 82.3 Å². The minimum absolute atomic E-state index is 0.00386. The van der Waals surface area contributed by atoms with E-state index in [1.54, 1.807) is 6.07 Å². The highest BCUT2D eigenvalue weighted by molar-refractivity contribution is 7.17. The zero-order valence-corrected chi connectivity index (χ0v) is 25.4. The van der Waals surface area contributed by atoms with E-state index in [1.807, 2.05) is 67.6 Å². The number of benzene rings is 3. The van der Waals surface area contributed by atoms with E-state index in [-0.39, 0.29) is 11.3 Å². The highest BCUT2D eigenvalue weighted by Gasteiger charge is 2.25. The first-order valence-corrected chi connectivity index (χ1v) is 14.9. The number of carbonyl (C=O) groups is 2. The lowest BCUT2D eigenvalue weighted by Crippen LogP contribution is -2.18. The summed E-state index contributed by atoms with van der Waals surface area (Å²) in [5.41, 5.74) is 11.7. The van der Waals surface area contributed by atoms with Gasteiger partial charge in [-0.2, -0.15) is 0 Å². The molecule has 2 aromatic heterocycles. The van der Waals surface area contributed by atoms with Crippen molar-refractivity contribution in [3.8, 4) is 28.1 Å². The highest BCUT2D eigenvalue weighted by Crippen LogP contribution is 2.41. The van der Waals surface area contributed by atoms with Crippen LogP contribution >= 0.6 is 11.3 Å². The molecule has 0 atom stereocenters. The molecule has 0 spiro atoms. The summed E-state index contributed by atoms with van der Waals surface area (Å²) in [6, 6.07) is 25.2. The molecule has 0 unspecified atom stereocenters. The van der Waals surface area contributed by atoms with Crippen LogP contribution < -0.4 is 15.8 Å². The molecule has 3 aromatic carbocycles. The number of primary amides is 1. The van der Waals surface area contributed by atoms with Gasteiger partial charge in [0.1, 0.15) is 10.8 Å². The molecule has 5 aromatic rings. The average molecular weight is 578 g/mol. The molecule has 2 amide bonds. The fourth-order valence-corrected chi connectivity index (χ4v) is 6.08. The maximum absolute atomic E-state index is 13.9. The van der Waals surface area contributed by atoms with Gasteiger partial charge in [-0.3, -0.25) is 9.59 Å². The van der Waals surface area contributed by atoms with E-state index in [4.69, 9.17) is 15.5 Å². The number of ether oxygens (including phenoxy) is 1. The molecule has 0 fully saturated rings. The van der Waals surface area contributed by atoms with Crippen LogP contribution in [-0.4, -0.2) is 23.4 Å².